The molecule has 22 heavy (non-hydrogen) atoms. The topological polar surface area (TPSA) is 106 Å². The van der Waals surface area contributed by atoms with Crippen LogP contribution < -0.4 is 9.86 Å². The summed E-state index contributed by atoms with van der Waals surface area (Å²) in [5.74, 6) is -0.465. The van der Waals surface area contributed by atoms with E-state index in [4.69, 9.17) is 5.14 Å². The van der Waals surface area contributed by atoms with Crippen molar-refractivity contribution in [3.05, 3.63) is 24.0 Å². The van der Waals surface area contributed by atoms with Gasteiger partial charge in [0.05, 0.1) is 4.90 Å². The largest absolute Gasteiger partial charge is 0.243 e. The summed E-state index contributed by atoms with van der Waals surface area (Å²) in [6.45, 7) is 0. The summed E-state index contributed by atoms with van der Waals surface area (Å²) in [6, 6.07) is 2.42. The number of primary sulfonamides is 1. The normalized spacial score (nSPS) is 19.6. The Balaban J connectivity index is 1.88. The molecule has 0 bridgehead atoms. The number of sulfonamides is 2. The van der Waals surface area contributed by atoms with E-state index in [1.807, 2.05) is 0 Å². The van der Waals surface area contributed by atoms with Crippen molar-refractivity contribution in [2.75, 3.05) is 0 Å². The summed E-state index contributed by atoms with van der Waals surface area (Å²) >= 11 is 0. The third-order valence-electron chi connectivity index (χ3n) is 4.07. The van der Waals surface area contributed by atoms with Crippen molar-refractivity contribution < 1.29 is 21.2 Å². The molecular formula is C13H17FN2O4S2. The highest BCUT2D eigenvalue weighted by Crippen LogP contribution is 2.45. The summed E-state index contributed by atoms with van der Waals surface area (Å²) in [4.78, 5) is -1.00. The molecule has 0 saturated heterocycles. The van der Waals surface area contributed by atoms with Crippen LogP contribution >= 0.6 is 0 Å². The zero-order valence-electron chi connectivity index (χ0n) is 11.7. The molecule has 2 aliphatic carbocycles. The highest BCUT2D eigenvalue weighted by atomic mass is 32.2. The molecule has 0 spiro atoms. The first-order chi connectivity index (χ1) is 10.2. The number of hydrogen-bond donors (Lipinski definition) is 2. The third kappa shape index (κ3) is 3.32. The minimum Gasteiger partial charge on any atom is -0.225 e. The summed E-state index contributed by atoms with van der Waals surface area (Å²) < 4.78 is 63.6. The maximum atomic E-state index is 14.0. The molecule has 2 fully saturated rings. The molecule has 0 aliphatic heterocycles. The maximum Gasteiger partial charge on any atom is 0.243 e. The highest BCUT2D eigenvalue weighted by Gasteiger charge is 2.43. The van der Waals surface area contributed by atoms with Crippen LogP contribution in [0.15, 0.2) is 28.0 Å². The Morgan fingerprint density at radius 3 is 2.05 bits per heavy atom. The fraction of sp³-hybridized carbons (Fsp3) is 0.538. The van der Waals surface area contributed by atoms with E-state index in [9.17, 15) is 21.2 Å². The van der Waals surface area contributed by atoms with Crippen molar-refractivity contribution in [2.45, 2.75) is 41.5 Å². The maximum absolute atomic E-state index is 14.0. The molecule has 0 heterocycles. The first kappa shape index (κ1) is 15.9. The average molecular weight is 348 g/mol. The SMILES string of the molecule is NS(=O)(=O)c1ccc(S(=O)(=O)NC(C2CC2)C2CC2)c(F)c1. The van der Waals surface area contributed by atoms with E-state index in [1.54, 1.807) is 0 Å². The number of benzene rings is 1. The molecule has 122 valence electrons. The van der Waals surface area contributed by atoms with Crippen molar-refractivity contribution in [3.63, 3.8) is 0 Å². The van der Waals surface area contributed by atoms with Gasteiger partial charge in [-0.1, -0.05) is 0 Å². The Morgan fingerprint density at radius 2 is 1.64 bits per heavy atom. The van der Waals surface area contributed by atoms with Crippen molar-refractivity contribution in [1.82, 2.24) is 4.72 Å². The monoisotopic (exact) mass is 348 g/mol. The fourth-order valence-corrected chi connectivity index (χ4v) is 4.57. The lowest BCUT2D eigenvalue weighted by molar-refractivity contribution is 0.468. The molecule has 6 nitrogen and oxygen atoms in total. The Bertz CT molecular complexity index is 787. The van der Waals surface area contributed by atoms with Gasteiger partial charge in [0.1, 0.15) is 10.7 Å². The number of halogens is 1. The van der Waals surface area contributed by atoms with Crippen LogP contribution in [0.4, 0.5) is 4.39 Å². The second-order valence-corrected chi connectivity index (χ2v) is 9.20. The van der Waals surface area contributed by atoms with Crippen LogP contribution in [0.1, 0.15) is 25.7 Å². The predicted molar refractivity (Wildman–Crippen MR) is 77.3 cm³/mol. The molecule has 3 rings (SSSR count). The van der Waals surface area contributed by atoms with Gasteiger partial charge in [-0.25, -0.2) is 31.1 Å². The van der Waals surface area contributed by atoms with Gasteiger partial charge in [-0.15, -0.1) is 0 Å². The smallest absolute Gasteiger partial charge is 0.225 e. The summed E-state index contributed by atoms with van der Waals surface area (Å²) in [6.07, 6.45) is 3.93. The van der Waals surface area contributed by atoms with Gasteiger partial charge >= 0.3 is 0 Å². The Kier molecular flexibility index (Phi) is 3.79. The first-order valence-corrected chi connectivity index (χ1v) is 10.1. The van der Waals surface area contributed by atoms with Crippen molar-refractivity contribution in [1.29, 1.82) is 0 Å². The van der Waals surface area contributed by atoms with Crippen molar-refractivity contribution >= 4 is 20.0 Å². The average Bonchev–Trinajstić information content (AvgIpc) is 3.26. The second kappa shape index (κ2) is 5.26. The van der Waals surface area contributed by atoms with E-state index < -0.39 is 35.7 Å². The highest BCUT2D eigenvalue weighted by molar-refractivity contribution is 7.89. The molecule has 0 aromatic heterocycles. The Labute approximate surface area is 129 Å². The van der Waals surface area contributed by atoms with Crippen LogP contribution in [0.25, 0.3) is 0 Å². The van der Waals surface area contributed by atoms with Gasteiger partial charge < -0.3 is 0 Å². The molecule has 0 atom stereocenters. The van der Waals surface area contributed by atoms with Crippen LogP contribution in [-0.2, 0) is 20.0 Å². The van der Waals surface area contributed by atoms with Gasteiger partial charge in [0, 0.05) is 6.04 Å². The van der Waals surface area contributed by atoms with E-state index in [-0.39, 0.29) is 6.04 Å². The molecule has 2 aliphatic rings. The summed E-state index contributed by atoms with van der Waals surface area (Å²) in [7, 11) is -8.10. The molecule has 0 unspecified atom stereocenters. The first-order valence-electron chi connectivity index (χ1n) is 7.03. The van der Waals surface area contributed by atoms with Crippen LogP contribution in [0.3, 0.4) is 0 Å². The molecule has 2 saturated carbocycles. The molecular weight excluding hydrogens is 331 g/mol. The summed E-state index contributed by atoms with van der Waals surface area (Å²) in [5, 5.41) is 4.90. The van der Waals surface area contributed by atoms with Gasteiger partial charge in [0.2, 0.25) is 20.0 Å². The van der Waals surface area contributed by atoms with E-state index in [0.717, 1.165) is 37.8 Å². The number of nitrogens with one attached hydrogen (secondary N) is 1. The van der Waals surface area contributed by atoms with Gasteiger partial charge in [-0.05, 0) is 55.7 Å². The quantitative estimate of drug-likeness (QED) is 0.798. The van der Waals surface area contributed by atoms with Crippen LogP contribution in [0.5, 0.6) is 0 Å². The van der Waals surface area contributed by atoms with Crippen molar-refractivity contribution in [3.8, 4) is 0 Å². The fourth-order valence-electron chi connectivity index (χ4n) is 2.61. The van der Waals surface area contributed by atoms with Gasteiger partial charge in [-0.2, -0.15) is 0 Å². The lowest BCUT2D eigenvalue weighted by Gasteiger charge is -2.18. The van der Waals surface area contributed by atoms with Crippen LogP contribution in [0.2, 0.25) is 0 Å². The van der Waals surface area contributed by atoms with Crippen molar-refractivity contribution in [2.24, 2.45) is 17.0 Å². The third-order valence-corrected chi connectivity index (χ3v) is 6.48. The molecule has 0 radical (unpaired) electrons. The van der Waals surface area contributed by atoms with Gasteiger partial charge in [-0.3, -0.25) is 0 Å². The molecule has 1 aromatic rings. The molecule has 9 heteroatoms. The lowest BCUT2D eigenvalue weighted by atomic mass is 10.1. The van der Waals surface area contributed by atoms with E-state index in [2.05, 4.69) is 4.72 Å². The minimum absolute atomic E-state index is 0.151. The van der Waals surface area contributed by atoms with E-state index in [1.165, 1.54) is 0 Å². The van der Waals surface area contributed by atoms with Crippen LogP contribution in [-0.4, -0.2) is 22.9 Å². The predicted octanol–water partition coefficient (Wildman–Crippen LogP) is 0.940. The van der Waals surface area contributed by atoms with Gasteiger partial charge in [0.15, 0.2) is 0 Å². The molecule has 1 aromatic carbocycles. The van der Waals surface area contributed by atoms with Crippen LogP contribution in [0, 0.1) is 17.7 Å². The molecule has 0 amide bonds. The standard InChI is InChI=1S/C13H17FN2O4S2/c14-11-7-10(21(15,17)18)5-6-12(11)22(19,20)16-13(8-1-2-8)9-3-4-9/h5-9,13,16H,1-4H2,(H2,15,17,18). The number of hydrogen-bond acceptors (Lipinski definition) is 4. The molecule has 3 N–H and O–H groups in total. The second-order valence-electron chi connectivity index (χ2n) is 5.96. The zero-order chi connectivity index (χ0) is 16.1. The minimum atomic E-state index is -4.07. The van der Waals surface area contributed by atoms with E-state index >= 15 is 0 Å². The lowest BCUT2D eigenvalue weighted by Crippen LogP contribution is -2.38. The van der Waals surface area contributed by atoms with Gasteiger partial charge in [0.25, 0.3) is 0 Å². The Hall–Kier alpha value is -1.03. The number of nitrogens with two attached hydrogens (primary N) is 1. The summed E-state index contributed by atoms with van der Waals surface area (Å²) in [5.41, 5.74) is 0. The zero-order valence-corrected chi connectivity index (χ0v) is 13.3. The number of rotatable bonds is 6. The Morgan fingerprint density at radius 1 is 1.09 bits per heavy atom. The van der Waals surface area contributed by atoms with E-state index in [0.29, 0.717) is 17.9 Å².